The predicted molar refractivity (Wildman–Crippen MR) is 79.6 cm³/mol. The average Bonchev–Trinajstić information content (AvgIpc) is 2.47. The molecule has 0 aliphatic rings. The maximum atomic E-state index is 13.1. The van der Waals surface area contributed by atoms with Crippen molar-refractivity contribution in [3.63, 3.8) is 0 Å². The van der Waals surface area contributed by atoms with Crippen LogP contribution in [0.4, 0.5) is 10.1 Å². The first-order chi connectivity index (χ1) is 10.4. The fraction of sp³-hybridized carbons (Fsp3) is 0.133. The van der Waals surface area contributed by atoms with Crippen molar-refractivity contribution < 1.29 is 22.3 Å². The van der Waals surface area contributed by atoms with Crippen LogP contribution in [0.1, 0.15) is 17.3 Å². The van der Waals surface area contributed by atoms with Gasteiger partial charge in [-0.3, -0.25) is 4.72 Å². The zero-order chi connectivity index (χ0) is 16.2. The minimum absolute atomic E-state index is 0.0372. The van der Waals surface area contributed by atoms with E-state index in [1.807, 2.05) is 0 Å². The summed E-state index contributed by atoms with van der Waals surface area (Å²) in [5.74, 6) is -1.07. The summed E-state index contributed by atoms with van der Waals surface area (Å²) < 4.78 is 44.5. The smallest absolute Gasteiger partial charge is 0.338 e. The van der Waals surface area contributed by atoms with E-state index in [0.717, 1.165) is 6.07 Å². The molecule has 0 radical (unpaired) electrons. The van der Waals surface area contributed by atoms with Crippen molar-refractivity contribution in [2.45, 2.75) is 11.8 Å². The number of carbonyl (C=O) groups is 1. The number of hydrogen-bond donors (Lipinski definition) is 1. The van der Waals surface area contributed by atoms with Crippen LogP contribution in [0.5, 0.6) is 0 Å². The summed E-state index contributed by atoms with van der Waals surface area (Å²) in [5.41, 5.74) is 0.376. The number of halogens is 1. The number of anilines is 1. The summed E-state index contributed by atoms with van der Waals surface area (Å²) in [4.78, 5) is 11.5. The van der Waals surface area contributed by atoms with Gasteiger partial charge in [-0.05, 0) is 49.4 Å². The lowest BCUT2D eigenvalue weighted by Crippen LogP contribution is -2.13. The maximum absolute atomic E-state index is 13.1. The van der Waals surface area contributed by atoms with Crippen LogP contribution in [-0.2, 0) is 14.8 Å². The number of esters is 1. The standard InChI is InChI=1S/C15H14FNO4S/c1-2-21-15(18)11-6-8-14(9-7-11)22(19,20)17-13-5-3-4-12(16)10-13/h3-10,17H,2H2,1H3. The molecular formula is C15H14FNO4S. The second-order valence-electron chi connectivity index (χ2n) is 4.36. The van der Waals surface area contributed by atoms with Crippen LogP contribution in [0.3, 0.4) is 0 Å². The van der Waals surface area contributed by atoms with Gasteiger partial charge in [0.2, 0.25) is 0 Å². The molecule has 5 nitrogen and oxygen atoms in total. The van der Waals surface area contributed by atoms with Gasteiger partial charge in [0.1, 0.15) is 5.82 Å². The normalized spacial score (nSPS) is 11.0. The highest BCUT2D eigenvalue weighted by Gasteiger charge is 2.15. The second-order valence-corrected chi connectivity index (χ2v) is 6.04. The number of ether oxygens (including phenoxy) is 1. The van der Waals surface area contributed by atoms with E-state index < -0.39 is 21.8 Å². The lowest BCUT2D eigenvalue weighted by Gasteiger charge is -2.08. The van der Waals surface area contributed by atoms with E-state index in [2.05, 4.69) is 4.72 Å². The van der Waals surface area contributed by atoms with E-state index in [9.17, 15) is 17.6 Å². The third kappa shape index (κ3) is 3.82. The van der Waals surface area contributed by atoms with Crippen LogP contribution in [0.25, 0.3) is 0 Å². The molecule has 0 aliphatic carbocycles. The quantitative estimate of drug-likeness (QED) is 0.859. The third-order valence-corrected chi connectivity index (χ3v) is 4.15. The SMILES string of the molecule is CCOC(=O)c1ccc(S(=O)(=O)Nc2cccc(F)c2)cc1. The monoisotopic (exact) mass is 323 g/mol. The van der Waals surface area contributed by atoms with Crippen molar-refractivity contribution in [3.8, 4) is 0 Å². The first-order valence-corrected chi connectivity index (χ1v) is 7.96. The van der Waals surface area contributed by atoms with E-state index in [1.54, 1.807) is 6.92 Å². The minimum Gasteiger partial charge on any atom is -0.462 e. The van der Waals surface area contributed by atoms with Crippen molar-refractivity contribution >= 4 is 21.7 Å². The first kappa shape index (κ1) is 16.0. The molecule has 116 valence electrons. The molecule has 1 N–H and O–H groups in total. The van der Waals surface area contributed by atoms with E-state index in [4.69, 9.17) is 4.74 Å². The van der Waals surface area contributed by atoms with Crippen molar-refractivity contribution in [1.29, 1.82) is 0 Å². The minimum atomic E-state index is -3.85. The summed E-state index contributed by atoms with van der Waals surface area (Å²) in [7, 11) is -3.85. The van der Waals surface area contributed by atoms with Crippen LogP contribution < -0.4 is 4.72 Å². The van der Waals surface area contributed by atoms with Gasteiger partial charge >= 0.3 is 5.97 Å². The van der Waals surface area contributed by atoms with Gasteiger partial charge in [-0.25, -0.2) is 17.6 Å². The highest BCUT2D eigenvalue weighted by atomic mass is 32.2. The van der Waals surface area contributed by atoms with E-state index in [1.165, 1.54) is 42.5 Å². The third-order valence-electron chi connectivity index (χ3n) is 2.75. The molecule has 0 unspecified atom stereocenters. The molecule has 0 bridgehead atoms. The Morgan fingerprint density at radius 1 is 1.18 bits per heavy atom. The van der Waals surface area contributed by atoms with Gasteiger partial charge in [0.05, 0.1) is 22.8 Å². The molecule has 0 amide bonds. The Morgan fingerprint density at radius 3 is 2.45 bits per heavy atom. The van der Waals surface area contributed by atoms with Crippen molar-refractivity contribution in [3.05, 3.63) is 59.9 Å². The average molecular weight is 323 g/mol. The van der Waals surface area contributed by atoms with Crippen molar-refractivity contribution in [1.82, 2.24) is 0 Å². The van der Waals surface area contributed by atoms with Crippen LogP contribution in [0, 0.1) is 5.82 Å². The van der Waals surface area contributed by atoms with Crippen molar-refractivity contribution in [2.24, 2.45) is 0 Å². The Balaban J connectivity index is 2.21. The highest BCUT2D eigenvalue weighted by molar-refractivity contribution is 7.92. The number of rotatable bonds is 5. The zero-order valence-corrected chi connectivity index (χ0v) is 12.6. The summed E-state index contributed by atoms with van der Waals surface area (Å²) in [6.45, 7) is 1.92. The largest absolute Gasteiger partial charge is 0.462 e. The Kier molecular flexibility index (Phi) is 4.77. The zero-order valence-electron chi connectivity index (χ0n) is 11.7. The van der Waals surface area contributed by atoms with Gasteiger partial charge in [0, 0.05) is 0 Å². The molecule has 0 heterocycles. The van der Waals surface area contributed by atoms with Crippen LogP contribution in [-0.4, -0.2) is 21.0 Å². The highest BCUT2D eigenvalue weighted by Crippen LogP contribution is 2.17. The number of hydrogen-bond acceptors (Lipinski definition) is 4. The van der Waals surface area contributed by atoms with Gasteiger partial charge < -0.3 is 4.74 Å². The molecule has 7 heteroatoms. The summed E-state index contributed by atoms with van der Waals surface area (Å²) in [6.07, 6.45) is 0. The van der Waals surface area contributed by atoms with Gasteiger partial charge in [0.15, 0.2) is 0 Å². The molecule has 0 saturated heterocycles. The molecule has 2 aromatic carbocycles. The molecule has 2 rings (SSSR count). The number of benzene rings is 2. The number of sulfonamides is 1. The Hall–Kier alpha value is -2.41. The van der Waals surface area contributed by atoms with E-state index in [0.29, 0.717) is 0 Å². The molecule has 0 atom stereocenters. The first-order valence-electron chi connectivity index (χ1n) is 6.48. The van der Waals surface area contributed by atoms with Gasteiger partial charge in [0.25, 0.3) is 10.0 Å². The Bertz CT molecular complexity index is 772. The van der Waals surface area contributed by atoms with E-state index in [-0.39, 0.29) is 22.8 Å². The summed E-state index contributed by atoms with van der Waals surface area (Å²) in [6, 6.07) is 10.4. The number of carbonyl (C=O) groups excluding carboxylic acids is 1. The Labute approximate surface area is 127 Å². The van der Waals surface area contributed by atoms with Crippen LogP contribution >= 0.6 is 0 Å². The van der Waals surface area contributed by atoms with Crippen molar-refractivity contribution in [2.75, 3.05) is 11.3 Å². The summed E-state index contributed by atoms with van der Waals surface area (Å²) >= 11 is 0. The lowest BCUT2D eigenvalue weighted by molar-refractivity contribution is 0.0526. The van der Waals surface area contributed by atoms with Gasteiger partial charge in [-0.2, -0.15) is 0 Å². The maximum Gasteiger partial charge on any atom is 0.338 e. The van der Waals surface area contributed by atoms with Gasteiger partial charge in [-0.15, -0.1) is 0 Å². The topological polar surface area (TPSA) is 72.5 Å². The van der Waals surface area contributed by atoms with Crippen LogP contribution in [0.15, 0.2) is 53.4 Å². The predicted octanol–water partition coefficient (Wildman–Crippen LogP) is 2.80. The van der Waals surface area contributed by atoms with Crippen LogP contribution in [0.2, 0.25) is 0 Å². The van der Waals surface area contributed by atoms with E-state index >= 15 is 0 Å². The fourth-order valence-corrected chi connectivity index (χ4v) is 2.80. The number of nitrogens with one attached hydrogen (secondary N) is 1. The molecular weight excluding hydrogens is 309 g/mol. The van der Waals surface area contributed by atoms with Gasteiger partial charge in [-0.1, -0.05) is 6.07 Å². The molecule has 0 spiro atoms. The molecule has 0 saturated carbocycles. The second kappa shape index (κ2) is 6.57. The molecule has 2 aromatic rings. The molecule has 22 heavy (non-hydrogen) atoms. The molecule has 0 aromatic heterocycles. The fourth-order valence-electron chi connectivity index (χ4n) is 1.75. The lowest BCUT2D eigenvalue weighted by atomic mass is 10.2. The Morgan fingerprint density at radius 2 is 1.86 bits per heavy atom. The molecule has 0 fully saturated rings. The molecule has 0 aliphatic heterocycles. The summed E-state index contributed by atoms with van der Waals surface area (Å²) in [5, 5.41) is 0.